The Bertz CT molecular complexity index is 1900. The Balaban J connectivity index is 1.08. The van der Waals surface area contributed by atoms with Gasteiger partial charge in [0.05, 0.1) is 40.6 Å². The van der Waals surface area contributed by atoms with Crippen LogP contribution in [0, 0.1) is 11.8 Å². The third-order valence-electron chi connectivity index (χ3n) is 9.19. The summed E-state index contributed by atoms with van der Waals surface area (Å²) in [5, 5.41) is 20.7. The van der Waals surface area contributed by atoms with Gasteiger partial charge in [0.2, 0.25) is 0 Å². The molecule has 3 aliphatic rings. The fraction of sp³-hybridized carbons (Fsp3) is 0.429. The molecule has 1 saturated heterocycles. The topological polar surface area (TPSA) is 141 Å². The number of benzene rings is 1. The molecule has 2 saturated carbocycles. The van der Waals surface area contributed by atoms with Gasteiger partial charge in [-0.2, -0.15) is 9.19 Å². The van der Waals surface area contributed by atoms with Crippen molar-refractivity contribution in [3.63, 3.8) is 0 Å². The Morgan fingerprint density at radius 1 is 0.917 bits per heavy atom. The van der Waals surface area contributed by atoms with Gasteiger partial charge in [0.15, 0.2) is 5.82 Å². The summed E-state index contributed by atoms with van der Waals surface area (Å²) in [4.78, 5) is 18.4. The van der Waals surface area contributed by atoms with E-state index in [4.69, 9.17) is 0 Å². The van der Waals surface area contributed by atoms with Crippen LogP contribution in [0.2, 0.25) is 0 Å². The van der Waals surface area contributed by atoms with Gasteiger partial charge in [-0.3, -0.25) is 4.90 Å². The number of nitrogens with zero attached hydrogens (tertiary/aromatic N) is 7. The summed E-state index contributed by atoms with van der Waals surface area (Å²) in [6.07, 6.45) is 10.6. The van der Waals surface area contributed by atoms with Crippen LogP contribution < -0.4 is 10.6 Å². The summed E-state index contributed by atoms with van der Waals surface area (Å²) in [5.41, 5.74) is 4.37. The average Bonchev–Trinajstić information content (AvgIpc) is 3.84. The highest BCUT2D eigenvalue weighted by Crippen LogP contribution is 2.31. The van der Waals surface area contributed by atoms with Gasteiger partial charge >= 0.3 is 0 Å². The Morgan fingerprint density at radius 3 is 2.44 bits per heavy atom. The zero-order valence-corrected chi connectivity index (χ0v) is 27.9. The van der Waals surface area contributed by atoms with E-state index in [9.17, 15) is 13.5 Å². The fourth-order valence-corrected chi connectivity index (χ4v) is 7.53. The second-order valence-electron chi connectivity index (χ2n) is 13.0. The van der Waals surface area contributed by atoms with Gasteiger partial charge in [0.1, 0.15) is 11.6 Å². The van der Waals surface area contributed by atoms with Gasteiger partial charge in [-0.15, -0.1) is 0 Å². The van der Waals surface area contributed by atoms with E-state index in [1.165, 1.54) is 18.0 Å². The van der Waals surface area contributed by atoms with E-state index >= 15 is 0 Å². The highest BCUT2D eigenvalue weighted by Gasteiger charge is 2.37. The monoisotopic (exact) mass is 667 g/mol. The Kier molecular flexibility index (Phi) is 9.41. The van der Waals surface area contributed by atoms with E-state index in [-0.39, 0.29) is 17.4 Å². The number of anilines is 3. The molecule has 4 aromatic rings. The number of piperazine rings is 1. The van der Waals surface area contributed by atoms with Crippen LogP contribution in [-0.2, 0) is 16.6 Å². The smallest absolute Gasteiger partial charge is 0.256 e. The maximum Gasteiger partial charge on any atom is 0.256 e. The summed E-state index contributed by atoms with van der Waals surface area (Å²) in [7, 11) is -1.31. The Morgan fingerprint density at radius 2 is 1.69 bits per heavy atom. The molecule has 12 nitrogen and oxygen atoms in total. The first-order valence-corrected chi connectivity index (χ1v) is 18.1. The van der Waals surface area contributed by atoms with Gasteiger partial charge < -0.3 is 20.6 Å². The predicted molar refractivity (Wildman–Crippen MR) is 185 cm³/mol. The van der Waals surface area contributed by atoms with Gasteiger partial charge in [-0.05, 0) is 69.3 Å². The van der Waals surface area contributed by atoms with Gasteiger partial charge in [0.25, 0.3) is 10.0 Å². The quantitative estimate of drug-likeness (QED) is 0.225. The van der Waals surface area contributed by atoms with Crippen LogP contribution in [0.5, 0.6) is 0 Å². The van der Waals surface area contributed by atoms with Crippen molar-refractivity contribution in [2.75, 3.05) is 43.9 Å². The molecule has 48 heavy (non-hydrogen) atoms. The number of aliphatic hydroxyl groups is 1. The Labute approximate surface area is 281 Å². The maximum atomic E-state index is 12.6. The average molecular weight is 668 g/mol. The number of likely N-dealkylation sites (N-methyl/N-ethyl adjacent to an activating group) is 1. The third kappa shape index (κ3) is 7.85. The molecule has 250 valence electrons. The van der Waals surface area contributed by atoms with Crippen molar-refractivity contribution in [1.29, 1.82) is 0 Å². The lowest BCUT2D eigenvalue weighted by Gasteiger charge is -2.32. The maximum absolute atomic E-state index is 12.6. The minimum Gasteiger partial charge on any atom is -0.393 e. The summed E-state index contributed by atoms with van der Waals surface area (Å²) in [6, 6.07) is 12.3. The van der Waals surface area contributed by atoms with Crippen LogP contribution in [0.25, 0.3) is 11.4 Å². The van der Waals surface area contributed by atoms with E-state index in [0.717, 1.165) is 79.3 Å². The molecule has 3 fully saturated rings. The fourth-order valence-electron chi connectivity index (χ4n) is 6.06. The number of hydrogen-bond donors (Lipinski definition) is 3. The van der Waals surface area contributed by atoms with Crippen molar-refractivity contribution in [2.45, 2.75) is 62.5 Å². The number of aliphatic hydroxyl groups excluding tert-OH is 1. The molecule has 2 aliphatic carbocycles. The zero-order valence-electron chi connectivity index (χ0n) is 27.1. The molecule has 3 aromatic heterocycles. The minimum atomic E-state index is -3.48. The second-order valence-corrected chi connectivity index (χ2v) is 15.1. The van der Waals surface area contributed by atoms with Crippen LogP contribution in [0.3, 0.4) is 0 Å². The number of nitrogens with one attached hydrogen (secondary N) is 2. The van der Waals surface area contributed by atoms with E-state index in [1.54, 1.807) is 18.5 Å². The lowest BCUT2D eigenvalue weighted by atomic mass is 9.93. The molecular formula is C35H41N9O3S. The van der Waals surface area contributed by atoms with Gasteiger partial charge in [0, 0.05) is 62.8 Å². The number of rotatable bonds is 9. The molecule has 0 unspecified atom stereocenters. The molecule has 0 atom stereocenters. The molecule has 7 rings (SSSR count). The molecule has 0 radical (unpaired) electrons. The van der Waals surface area contributed by atoms with Crippen molar-refractivity contribution in [3.8, 4) is 23.2 Å². The standard InChI is InChI=1S/C35H41N9O3S/c1-42-16-18-43(19-17-42)23-26-4-2-25(3-5-26)6-7-27-21-37-34(20-32(27)39-29-8-10-30(45)11-9-29)40-33-14-15-36-35(41-33)28-22-38-44(24-28)48(46,47)31-12-13-31/h2-5,14-15,20-22,24,29-31,45H,8-13,16-19,23H2,1H3,(H2,36,37,39,40,41). The summed E-state index contributed by atoms with van der Waals surface area (Å²) in [5.74, 6) is 8.08. The predicted octanol–water partition coefficient (Wildman–Crippen LogP) is 3.68. The van der Waals surface area contributed by atoms with E-state index in [1.807, 2.05) is 6.07 Å². The molecule has 1 aliphatic heterocycles. The van der Waals surface area contributed by atoms with Crippen molar-refractivity contribution in [2.24, 2.45) is 0 Å². The van der Waals surface area contributed by atoms with Gasteiger partial charge in [-0.1, -0.05) is 24.0 Å². The summed E-state index contributed by atoms with van der Waals surface area (Å²) >= 11 is 0. The molecule has 1 aromatic carbocycles. The van der Waals surface area contributed by atoms with Crippen molar-refractivity contribution in [1.82, 2.24) is 33.9 Å². The minimum absolute atomic E-state index is 0.215. The first kappa shape index (κ1) is 32.2. The lowest BCUT2D eigenvalue weighted by molar-refractivity contribution is 0.126. The van der Waals surface area contributed by atoms with E-state index in [2.05, 4.69) is 83.6 Å². The largest absolute Gasteiger partial charge is 0.393 e. The number of pyridine rings is 1. The number of aromatic nitrogens is 5. The molecule has 0 bridgehead atoms. The van der Waals surface area contributed by atoms with Gasteiger partial charge in [-0.25, -0.2) is 23.4 Å². The normalized spacial score (nSPS) is 20.5. The summed E-state index contributed by atoms with van der Waals surface area (Å²) < 4.78 is 26.2. The highest BCUT2D eigenvalue weighted by molar-refractivity contribution is 7.90. The van der Waals surface area contributed by atoms with Crippen LogP contribution in [0.4, 0.5) is 17.3 Å². The molecule has 3 N–H and O–H groups in total. The third-order valence-corrected chi connectivity index (χ3v) is 11.2. The van der Waals surface area contributed by atoms with Crippen LogP contribution in [0.15, 0.2) is 61.2 Å². The SMILES string of the molecule is CN1CCN(Cc2ccc(C#Cc3cnc(Nc4ccnc(-c5cnn(S(=O)(=O)C6CC6)c5)n4)cc3NC3CCC(O)CC3)cc2)CC1. The first-order valence-electron chi connectivity index (χ1n) is 16.6. The van der Waals surface area contributed by atoms with Crippen molar-refractivity contribution in [3.05, 3.63) is 77.9 Å². The molecule has 4 heterocycles. The van der Waals surface area contributed by atoms with E-state index < -0.39 is 10.0 Å². The van der Waals surface area contributed by atoms with Crippen LogP contribution in [-0.4, -0.2) is 98.1 Å². The highest BCUT2D eigenvalue weighted by atomic mass is 32.2. The van der Waals surface area contributed by atoms with Crippen molar-refractivity contribution >= 4 is 27.3 Å². The molecule has 13 heteroatoms. The number of hydrogen-bond acceptors (Lipinski definition) is 11. The molecular weight excluding hydrogens is 627 g/mol. The lowest BCUT2D eigenvalue weighted by Crippen LogP contribution is -2.43. The molecule has 0 spiro atoms. The first-order chi connectivity index (χ1) is 23.3. The van der Waals surface area contributed by atoms with E-state index in [0.29, 0.717) is 35.9 Å². The Hall–Kier alpha value is -4.35. The zero-order chi connectivity index (χ0) is 33.1. The molecule has 0 amide bonds. The van der Waals surface area contributed by atoms with Crippen molar-refractivity contribution < 1.29 is 13.5 Å². The van der Waals surface area contributed by atoms with Crippen LogP contribution >= 0.6 is 0 Å². The van der Waals surface area contributed by atoms with Crippen LogP contribution in [0.1, 0.15) is 55.2 Å². The summed E-state index contributed by atoms with van der Waals surface area (Å²) in [6.45, 7) is 5.32. The second kappa shape index (κ2) is 14.0.